The molecule has 0 aromatic heterocycles. The summed E-state index contributed by atoms with van der Waals surface area (Å²) in [5.74, 6) is 0. The fraction of sp³-hybridized carbons (Fsp3) is 0.450. The largest absolute Gasteiger partial charge is 0.369 e. The Bertz CT molecular complexity index is 826. The number of rotatable bonds is 4. The Morgan fingerprint density at radius 3 is 2.30 bits per heavy atom. The molecule has 0 spiro atoms. The molecule has 4 nitrogen and oxygen atoms in total. The zero-order valence-electron chi connectivity index (χ0n) is 16.0. The molecule has 0 amide bonds. The predicted molar refractivity (Wildman–Crippen MR) is 117 cm³/mol. The summed E-state index contributed by atoms with van der Waals surface area (Å²) in [6.45, 7) is 11.9. The number of aliphatic imine (C=N–C) groups is 1. The van der Waals surface area contributed by atoms with Gasteiger partial charge in [0.05, 0.1) is 15.7 Å². The first kappa shape index (κ1) is 20.6. The van der Waals surface area contributed by atoms with Crippen LogP contribution in [0.25, 0.3) is 0 Å². The van der Waals surface area contributed by atoms with Gasteiger partial charge in [-0.05, 0) is 48.8 Å². The summed E-state index contributed by atoms with van der Waals surface area (Å²) in [6, 6.07) is 7.94. The molecule has 0 saturated carbocycles. The first-order chi connectivity index (χ1) is 12.8. The van der Waals surface area contributed by atoms with E-state index in [9.17, 15) is 4.21 Å². The lowest BCUT2D eigenvalue weighted by Crippen LogP contribution is -2.57. The van der Waals surface area contributed by atoms with Gasteiger partial charge < -0.3 is 4.90 Å². The van der Waals surface area contributed by atoms with Gasteiger partial charge in [0.15, 0.2) is 0 Å². The topological polar surface area (TPSA) is 35.9 Å². The van der Waals surface area contributed by atoms with Crippen LogP contribution in [0.15, 0.2) is 51.9 Å². The van der Waals surface area contributed by atoms with Crippen molar-refractivity contribution < 1.29 is 4.21 Å². The molecule has 0 radical (unpaired) electrons. The zero-order chi connectivity index (χ0) is 19.8. The maximum absolute atomic E-state index is 12.2. The van der Waals surface area contributed by atoms with Gasteiger partial charge >= 0.3 is 0 Å². The zero-order valence-corrected chi connectivity index (χ0v) is 18.3. The van der Waals surface area contributed by atoms with Gasteiger partial charge in [-0.15, -0.1) is 0 Å². The number of benzene rings is 1. The van der Waals surface area contributed by atoms with E-state index < -0.39 is 16.5 Å². The van der Waals surface area contributed by atoms with E-state index in [4.69, 9.17) is 28.2 Å². The molecule has 2 atom stereocenters. The molecule has 0 bridgehead atoms. The number of dihydropyridines is 1. The van der Waals surface area contributed by atoms with Gasteiger partial charge in [-0.2, -0.15) is 0 Å². The van der Waals surface area contributed by atoms with Gasteiger partial charge in [-0.1, -0.05) is 36.7 Å². The molecule has 0 N–H and O–H groups in total. The molecular formula is C20H25Cl2N3OS. The average Bonchev–Trinajstić information content (AvgIpc) is 2.64. The van der Waals surface area contributed by atoms with Crippen LogP contribution in [0, 0.1) is 0 Å². The molecular weight excluding hydrogens is 401 g/mol. The van der Waals surface area contributed by atoms with Crippen molar-refractivity contribution in [1.29, 1.82) is 0 Å². The molecule has 2 unspecified atom stereocenters. The minimum atomic E-state index is -1.18. The van der Waals surface area contributed by atoms with E-state index in [1.165, 1.54) is 5.69 Å². The van der Waals surface area contributed by atoms with Crippen molar-refractivity contribution in [1.82, 2.24) is 4.90 Å². The Balaban J connectivity index is 1.80. The second-order valence-electron chi connectivity index (χ2n) is 6.97. The number of piperazine rings is 1. The Kier molecular flexibility index (Phi) is 6.16. The van der Waals surface area contributed by atoms with Gasteiger partial charge in [0.2, 0.25) is 0 Å². The molecule has 0 aliphatic carbocycles. The highest BCUT2D eigenvalue weighted by atomic mass is 35.5. The summed E-state index contributed by atoms with van der Waals surface area (Å²) in [5.41, 5.74) is 2.45. The molecule has 3 rings (SSSR count). The molecule has 7 heteroatoms. The van der Waals surface area contributed by atoms with Crippen molar-refractivity contribution in [3.63, 3.8) is 0 Å². The lowest BCUT2D eigenvalue weighted by Gasteiger charge is -2.47. The fourth-order valence-corrected chi connectivity index (χ4v) is 5.46. The molecule has 2 heterocycles. The third-order valence-corrected chi connectivity index (χ3v) is 7.09. The Hall–Kier alpha value is -1.14. The summed E-state index contributed by atoms with van der Waals surface area (Å²) in [6.07, 6.45) is 2.38. The first-order valence-corrected chi connectivity index (χ1v) is 11.4. The van der Waals surface area contributed by atoms with Crippen LogP contribution in [0.1, 0.15) is 20.3 Å². The minimum Gasteiger partial charge on any atom is -0.369 e. The van der Waals surface area contributed by atoms with Gasteiger partial charge in [-0.3, -0.25) is 9.11 Å². The van der Waals surface area contributed by atoms with Crippen LogP contribution < -0.4 is 4.90 Å². The average molecular weight is 426 g/mol. The van der Waals surface area contributed by atoms with Crippen molar-refractivity contribution in [2.24, 2.45) is 4.99 Å². The van der Waals surface area contributed by atoms with Crippen LogP contribution in [0.4, 0.5) is 5.69 Å². The van der Waals surface area contributed by atoms with Crippen molar-refractivity contribution in [3.8, 4) is 0 Å². The Morgan fingerprint density at radius 1 is 1.19 bits per heavy atom. The fourth-order valence-electron chi connectivity index (χ4n) is 3.84. The van der Waals surface area contributed by atoms with Crippen molar-refractivity contribution in [2.75, 3.05) is 37.3 Å². The van der Waals surface area contributed by atoms with Crippen LogP contribution in [0.3, 0.4) is 0 Å². The number of anilines is 1. The van der Waals surface area contributed by atoms with Crippen LogP contribution >= 0.6 is 23.2 Å². The molecule has 1 saturated heterocycles. The SMILES string of the molecule is C=C1C(CC)=C(S(C)=O)C(Cl)=NC1(C)N1CCN(c2ccc(Cl)cc2)CC1. The lowest BCUT2D eigenvalue weighted by molar-refractivity contribution is 0.135. The number of nitrogens with zero attached hydrogens (tertiary/aromatic N) is 3. The highest BCUT2D eigenvalue weighted by Crippen LogP contribution is 2.40. The lowest BCUT2D eigenvalue weighted by atomic mass is 9.89. The van der Waals surface area contributed by atoms with E-state index in [-0.39, 0.29) is 0 Å². The predicted octanol–water partition coefficient (Wildman–Crippen LogP) is 4.43. The Labute approximate surface area is 174 Å². The van der Waals surface area contributed by atoms with Crippen molar-refractivity contribution >= 4 is 44.9 Å². The van der Waals surface area contributed by atoms with Gasteiger partial charge in [0.25, 0.3) is 0 Å². The van der Waals surface area contributed by atoms with E-state index in [1.54, 1.807) is 6.26 Å². The normalized spacial score (nSPS) is 25.6. The van der Waals surface area contributed by atoms with Crippen LogP contribution in [0.2, 0.25) is 5.02 Å². The van der Waals surface area contributed by atoms with Crippen molar-refractivity contribution in [3.05, 3.63) is 51.9 Å². The first-order valence-electron chi connectivity index (χ1n) is 9.05. The van der Waals surface area contributed by atoms with Crippen molar-refractivity contribution in [2.45, 2.75) is 25.9 Å². The summed E-state index contributed by atoms with van der Waals surface area (Å²) in [7, 11) is -1.18. The quantitative estimate of drug-likeness (QED) is 0.715. The second kappa shape index (κ2) is 8.08. The molecule has 1 aromatic carbocycles. The van der Waals surface area contributed by atoms with E-state index in [1.807, 2.05) is 19.1 Å². The third-order valence-electron chi connectivity index (χ3n) is 5.44. The number of halogens is 2. The summed E-state index contributed by atoms with van der Waals surface area (Å²) in [4.78, 5) is 10.0. The summed E-state index contributed by atoms with van der Waals surface area (Å²) >= 11 is 12.5. The van der Waals surface area contributed by atoms with Gasteiger partial charge in [0, 0.05) is 43.1 Å². The van der Waals surface area contributed by atoms with Crippen LogP contribution in [-0.2, 0) is 10.8 Å². The van der Waals surface area contributed by atoms with Crippen LogP contribution in [0.5, 0.6) is 0 Å². The summed E-state index contributed by atoms with van der Waals surface area (Å²) in [5, 5.41) is 1.10. The standard InChI is InChI=1S/C20H25Cl2N3OS/c1-5-17-14(2)20(3,23-19(22)18(17)27(4)26)25-12-10-24(11-13-25)16-8-6-15(21)7-9-16/h6-9H,2,5,10-13H2,1,3-4H3. The number of hydrogen-bond donors (Lipinski definition) is 0. The molecule has 27 heavy (non-hydrogen) atoms. The number of allylic oxidation sites excluding steroid dienone is 1. The maximum Gasteiger partial charge on any atom is 0.142 e. The third kappa shape index (κ3) is 3.88. The molecule has 2 aliphatic heterocycles. The second-order valence-corrected chi connectivity index (χ2v) is 9.08. The van der Waals surface area contributed by atoms with Gasteiger partial charge in [-0.25, -0.2) is 4.99 Å². The Morgan fingerprint density at radius 2 is 1.78 bits per heavy atom. The molecule has 1 fully saturated rings. The summed E-state index contributed by atoms with van der Waals surface area (Å²) < 4.78 is 12.2. The minimum absolute atomic E-state index is 0.350. The monoisotopic (exact) mass is 425 g/mol. The highest BCUT2D eigenvalue weighted by Gasteiger charge is 2.42. The number of hydrogen-bond acceptors (Lipinski definition) is 4. The maximum atomic E-state index is 12.2. The van der Waals surface area contributed by atoms with E-state index in [0.717, 1.165) is 48.8 Å². The van der Waals surface area contributed by atoms with Gasteiger partial charge in [0.1, 0.15) is 10.8 Å². The molecule has 1 aromatic rings. The van der Waals surface area contributed by atoms with E-state index in [0.29, 0.717) is 10.1 Å². The van der Waals surface area contributed by atoms with Crippen LogP contribution in [-0.4, -0.2) is 52.4 Å². The van der Waals surface area contributed by atoms with E-state index in [2.05, 4.69) is 35.4 Å². The molecule has 2 aliphatic rings. The van der Waals surface area contributed by atoms with E-state index >= 15 is 0 Å². The molecule has 146 valence electrons. The smallest absolute Gasteiger partial charge is 0.142 e. The highest BCUT2D eigenvalue weighted by molar-refractivity contribution is 7.89.